The van der Waals surface area contributed by atoms with E-state index in [1.54, 1.807) is 0 Å². The van der Waals surface area contributed by atoms with Gasteiger partial charge in [0.05, 0.1) is 0 Å². The highest BCUT2D eigenvalue weighted by Crippen LogP contribution is 2.63. The second-order valence-corrected chi connectivity index (χ2v) is 8.17. The van der Waals surface area contributed by atoms with E-state index in [1.165, 1.54) is 0 Å². The molecule has 0 aliphatic heterocycles. The molecule has 3 rings (SSSR count). The van der Waals surface area contributed by atoms with Crippen molar-refractivity contribution in [2.45, 2.75) is 59.5 Å². The van der Waals surface area contributed by atoms with Gasteiger partial charge in [-0.2, -0.15) is 0 Å². The summed E-state index contributed by atoms with van der Waals surface area (Å²) < 4.78 is 0. The first-order valence-corrected chi connectivity index (χ1v) is 8.94. The molecule has 2 bridgehead atoms. The van der Waals surface area contributed by atoms with E-state index in [2.05, 4.69) is 44.4 Å². The lowest BCUT2D eigenvalue weighted by atomic mass is 9.68. The van der Waals surface area contributed by atoms with Crippen molar-refractivity contribution in [1.29, 1.82) is 0 Å². The van der Waals surface area contributed by atoms with Crippen LogP contribution in [-0.2, 0) is 16.1 Å². The normalized spacial score (nSPS) is 27.5. The molecule has 130 valence electrons. The Kier molecular flexibility index (Phi) is 4.18. The first kappa shape index (κ1) is 17.0. The molecule has 4 heteroatoms. The Morgan fingerprint density at radius 1 is 1.33 bits per heavy atom. The van der Waals surface area contributed by atoms with Crippen molar-refractivity contribution < 1.29 is 9.59 Å². The number of carbonyl (C=O) groups excluding carboxylic acids is 2. The molecule has 2 unspecified atom stereocenters. The van der Waals surface area contributed by atoms with Gasteiger partial charge in [0.15, 0.2) is 0 Å². The van der Waals surface area contributed by atoms with Crippen LogP contribution in [0.25, 0.3) is 0 Å². The van der Waals surface area contributed by atoms with Crippen molar-refractivity contribution in [2.75, 3.05) is 5.32 Å². The first-order valence-electron chi connectivity index (χ1n) is 8.94. The van der Waals surface area contributed by atoms with Gasteiger partial charge < -0.3 is 10.6 Å². The SMILES string of the molecule is CC(C)Nc1cccc(CNC(=O)C23CCC(CC2=O)C3(C)C)c1. The van der Waals surface area contributed by atoms with Crippen LogP contribution in [0.15, 0.2) is 24.3 Å². The number of hydrogen-bond donors (Lipinski definition) is 2. The van der Waals surface area contributed by atoms with Crippen LogP contribution in [0.3, 0.4) is 0 Å². The fourth-order valence-corrected chi connectivity index (χ4v) is 4.65. The molecule has 2 aliphatic rings. The molecule has 1 aromatic carbocycles. The number of rotatable bonds is 5. The Hall–Kier alpha value is -1.84. The number of carbonyl (C=O) groups is 2. The van der Waals surface area contributed by atoms with E-state index in [1.807, 2.05) is 18.2 Å². The lowest BCUT2D eigenvalue weighted by molar-refractivity contribution is -0.145. The van der Waals surface area contributed by atoms with Gasteiger partial charge in [-0.05, 0) is 55.7 Å². The third-order valence-electron chi connectivity index (χ3n) is 6.12. The predicted molar refractivity (Wildman–Crippen MR) is 95.6 cm³/mol. The van der Waals surface area contributed by atoms with E-state index < -0.39 is 5.41 Å². The van der Waals surface area contributed by atoms with E-state index in [-0.39, 0.29) is 17.1 Å². The van der Waals surface area contributed by atoms with E-state index in [9.17, 15) is 9.59 Å². The van der Waals surface area contributed by atoms with Gasteiger partial charge in [0.1, 0.15) is 11.2 Å². The fraction of sp³-hybridized carbons (Fsp3) is 0.600. The lowest BCUT2D eigenvalue weighted by Gasteiger charge is -2.34. The number of anilines is 1. The molecular weight excluding hydrogens is 300 g/mol. The minimum absolute atomic E-state index is 0.0836. The number of fused-ring (bicyclic) bond motifs is 2. The largest absolute Gasteiger partial charge is 0.383 e. The van der Waals surface area contributed by atoms with Crippen molar-refractivity contribution in [3.63, 3.8) is 0 Å². The Morgan fingerprint density at radius 2 is 2.08 bits per heavy atom. The van der Waals surface area contributed by atoms with Gasteiger partial charge in [-0.3, -0.25) is 9.59 Å². The summed E-state index contributed by atoms with van der Waals surface area (Å²) >= 11 is 0. The Morgan fingerprint density at radius 3 is 2.67 bits per heavy atom. The van der Waals surface area contributed by atoms with Crippen LogP contribution in [0, 0.1) is 16.7 Å². The van der Waals surface area contributed by atoms with E-state index in [0.717, 1.165) is 17.7 Å². The van der Waals surface area contributed by atoms with E-state index in [0.29, 0.717) is 31.3 Å². The molecule has 2 atom stereocenters. The average Bonchev–Trinajstić information content (AvgIpc) is 2.87. The number of Topliss-reactive ketones (excluding diaryl/α,β-unsaturated/α-hetero) is 1. The summed E-state index contributed by atoms with van der Waals surface area (Å²) in [5, 5.41) is 6.40. The molecule has 1 aromatic rings. The first-order chi connectivity index (χ1) is 11.3. The molecule has 0 aromatic heterocycles. The highest BCUT2D eigenvalue weighted by molar-refractivity contribution is 6.09. The summed E-state index contributed by atoms with van der Waals surface area (Å²) in [5.74, 6) is 0.408. The molecule has 2 aliphatic carbocycles. The summed E-state index contributed by atoms with van der Waals surface area (Å²) in [6.07, 6.45) is 2.25. The second-order valence-electron chi connectivity index (χ2n) is 8.17. The highest BCUT2D eigenvalue weighted by Gasteiger charge is 2.67. The Labute approximate surface area is 144 Å². The van der Waals surface area contributed by atoms with Crippen molar-refractivity contribution in [3.05, 3.63) is 29.8 Å². The molecule has 1 amide bonds. The van der Waals surface area contributed by atoms with Crippen LogP contribution >= 0.6 is 0 Å². The maximum Gasteiger partial charge on any atom is 0.234 e. The number of hydrogen-bond acceptors (Lipinski definition) is 3. The van der Waals surface area contributed by atoms with Gasteiger partial charge in [-0.15, -0.1) is 0 Å². The van der Waals surface area contributed by atoms with Gasteiger partial charge in [0, 0.05) is 24.7 Å². The molecule has 2 N–H and O–H groups in total. The molecule has 2 saturated carbocycles. The van der Waals surface area contributed by atoms with Crippen LogP contribution in [-0.4, -0.2) is 17.7 Å². The number of amides is 1. The third kappa shape index (κ3) is 2.52. The van der Waals surface area contributed by atoms with Crippen molar-refractivity contribution >= 4 is 17.4 Å². The number of benzene rings is 1. The molecule has 0 saturated heterocycles. The van der Waals surface area contributed by atoms with Crippen LogP contribution in [0.1, 0.15) is 52.5 Å². The van der Waals surface area contributed by atoms with Crippen LogP contribution in [0.5, 0.6) is 0 Å². The molecular formula is C20H28N2O2. The zero-order valence-electron chi connectivity index (χ0n) is 15.1. The monoisotopic (exact) mass is 328 g/mol. The molecule has 2 fully saturated rings. The minimum Gasteiger partial charge on any atom is -0.383 e. The second kappa shape index (κ2) is 5.91. The van der Waals surface area contributed by atoms with Crippen LogP contribution < -0.4 is 10.6 Å². The quantitative estimate of drug-likeness (QED) is 0.813. The molecule has 0 spiro atoms. The van der Waals surface area contributed by atoms with Crippen LogP contribution in [0.4, 0.5) is 5.69 Å². The van der Waals surface area contributed by atoms with Gasteiger partial charge >= 0.3 is 0 Å². The summed E-state index contributed by atoms with van der Waals surface area (Å²) in [6.45, 7) is 8.82. The smallest absolute Gasteiger partial charge is 0.234 e. The van der Waals surface area contributed by atoms with Crippen LogP contribution in [0.2, 0.25) is 0 Å². The molecule has 0 radical (unpaired) electrons. The predicted octanol–water partition coefficient (Wildman–Crippen LogP) is 3.52. The topological polar surface area (TPSA) is 58.2 Å². The fourth-order valence-electron chi connectivity index (χ4n) is 4.65. The number of nitrogens with one attached hydrogen (secondary N) is 2. The van der Waals surface area contributed by atoms with Gasteiger partial charge in [-0.25, -0.2) is 0 Å². The van der Waals surface area contributed by atoms with Gasteiger partial charge in [0.2, 0.25) is 5.91 Å². The lowest BCUT2D eigenvalue weighted by Crippen LogP contribution is -2.49. The summed E-state index contributed by atoms with van der Waals surface area (Å²) in [6, 6.07) is 8.43. The molecule has 24 heavy (non-hydrogen) atoms. The van der Waals surface area contributed by atoms with Gasteiger partial charge in [0.25, 0.3) is 0 Å². The summed E-state index contributed by atoms with van der Waals surface area (Å²) in [5.41, 5.74) is 1.05. The molecule has 0 heterocycles. The van der Waals surface area contributed by atoms with Crippen molar-refractivity contribution in [1.82, 2.24) is 5.32 Å². The summed E-state index contributed by atoms with van der Waals surface area (Å²) in [4.78, 5) is 25.5. The standard InChI is InChI=1S/C20H28N2O2/c1-13(2)22-16-7-5-6-14(10-16)12-21-18(24)20-9-8-15(11-17(20)23)19(20,3)4/h5-7,10,13,15,22H,8-9,11-12H2,1-4H3,(H,21,24). The maximum atomic E-state index is 12.9. The average molecular weight is 328 g/mol. The van der Waals surface area contributed by atoms with Crippen molar-refractivity contribution in [2.24, 2.45) is 16.7 Å². The summed E-state index contributed by atoms with van der Waals surface area (Å²) in [7, 11) is 0. The number of ketones is 1. The van der Waals surface area contributed by atoms with Crippen molar-refractivity contribution in [3.8, 4) is 0 Å². The van der Waals surface area contributed by atoms with Gasteiger partial charge in [-0.1, -0.05) is 26.0 Å². The Bertz CT molecular complexity index is 665. The zero-order chi connectivity index (χ0) is 17.5. The maximum absolute atomic E-state index is 12.9. The highest BCUT2D eigenvalue weighted by atomic mass is 16.2. The Balaban J connectivity index is 1.71. The molecule has 4 nitrogen and oxygen atoms in total. The zero-order valence-corrected chi connectivity index (χ0v) is 15.1. The van der Waals surface area contributed by atoms with E-state index in [4.69, 9.17) is 0 Å². The van der Waals surface area contributed by atoms with E-state index >= 15 is 0 Å². The third-order valence-corrected chi connectivity index (χ3v) is 6.12. The minimum atomic E-state index is -0.814.